The third-order valence-corrected chi connectivity index (χ3v) is 8.69. The summed E-state index contributed by atoms with van der Waals surface area (Å²) in [4.78, 5) is 27.3. The molecule has 0 spiro atoms. The molecule has 4 rings (SSSR count). The van der Waals surface area contributed by atoms with E-state index in [0.717, 1.165) is 16.4 Å². The molecular weight excluding hydrogens is 557 g/mol. The molecule has 0 unspecified atom stereocenters. The fourth-order valence-electron chi connectivity index (χ4n) is 4.46. The number of hydrogen-bond donors (Lipinski definition) is 2. The van der Waals surface area contributed by atoms with Crippen LogP contribution >= 0.6 is 0 Å². The van der Waals surface area contributed by atoms with E-state index >= 15 is 0 Å². The molecule has 41 heavy (non-hydrogen) atoms. The second-order valence-electron chi connectivity index (χ2n) is 10.0. The smallest absolute Gasteiger partial charge is 0.246 e. The van der Waals surface area contributed by atoms with Gasteiger partial charge in [0.2, 0.25) is 21.8 Å². The van der Waals surface area contributed by atoms with E-state index in [0.29, 0.717) is 17.0 Å². The number of amides is 2. The van der Waals surface area contributed by atoms with Crippen LogP contribution in [0.25, 0.3) is 0 Å². The molecule has 0 saturated heterocycles. The van der Waals surface area contributed by atoms with Crippen molar-refractivity contribution in [2.24, 2.45) is 5.92 Å². The molecule has 220 valence electrons. The van der Waals surface area contributed by atoms with E-state index in [4.69, 9.17) is 4.74 Å². The number of nitrogens with zero attached hydrogens (tertiary/aromatic N) is 6. The Hall–Kier alpha value is -3.95. The van der Waals surface area contributed by atoms with Crippen LogP contribution in [0.1, 0.15) is 19.4 Å². The molecule has 2 amide bonds. The van der Waals surface area contributed by atoms with Gasteiger partial charge in [-0.05, 0) is 59.8 Å². The zero-order chi connectivity index (χ0) is 29.7. The summed E-state index contributed by atoms with van der Waals surface area (Å²) in [5.41, 5.74) is 0.897. The maximum Gasteiger partial charge on any atom is 0.246 e. The summed E-state index contributed by atoms with van der Waals surface area (Å²) < 4.78 is 48.6. The number of halogens is 1. The Morgan fingerprint density at radius 1 is 1.27 bits per heavy atom. The molecule has 0 saturated carbocycles. The van der Waals surface area contributed by atoms with E-state index in [2.05, 4.69) is 20.8 Å². The minimum atomic E-state index is -3.97. The maximum absolute atomic E-state index is 13.4. The van der Waals surface area contributed by atoms with E-state index < -0.39 is 28.0 Å². The number of aliphatic hydroxyl groups is 1. The lowest BCUT2D eigenvalue weighted by molar-refractivity contribution is -0.134. The quantitative estimate of drug-likeness (QED) is 0.370. The second-order valence-corrected chi connectivity index (χ2v) is 12.1. The highest BCUT2D eigenvalue weighted by Gasteiger charge is 2.33. The molecule has 1 aliphatic heterocycles. The number of carbonyl (C=O) groups is 2. The Kier molecular flexibility index (Phi) is 9.30. The van der Waals surface area contributed by atoms with Crippen LogP contribution in [0.5, 0.6) is 5.75 Å². The summed E-state index contributed by atoms with van der Waals surface area (Å²) >= 11 is 0. The Labute approximate surface area is 236 Å². The number of fused-ring (bicyclic) bond motifs is 1. The number of rotatable bonds is 9. The van der Waals surface area contributed by atoms with Crippen molar-refractivity contribution < 1.29 is 32.2 Å². The number of benzene rings is 2. The highest BCUT2D eigenvalue weighted by Crippen LogP contribution is 2.30. The number of likely N-dealkylation sites (N-methyl/N-ethyl adjacent to an activating group) is 1. The molecule has 3 atom stereocenters. The predicted octanol–water partition coefficient (Wildman–Crippen LogP) is 0.921. The molecule has 0 bridgehead atoms. The fraction of sp³-hybridized carbons (Fsp3) is 0.423. The molecule has 0 fully saturated rings. The molecule has 3 aromatic rings. The lowest BCUT2D eigenvalue weighted by Crippen LogP contribution is -2.48. The van der Waals surface area contributed by atoms with Gasteiger partial charge in [-0.25, -0.2) is 17.5 Å². The average molecular weight is 590 g/mol. The number of ether oxygens (including phenoxy) is 1. The summed E-state index contributed by atoms with van der Waals surface area (Å²) in [5.74, 6) is -1.18. The Bertz CT molecular complexity index is 1470. The summed E-state index contributed by atoms with van der Waals surface area (Å²) in [5, 5.41) is 23.2. The van der Waals surface area contributed by atoms with E-state index in [1.165, 1.54) is 30.2 Å². The van der Waals surface area contributed by atoms with Crippen molar-refractivity contribution in [3.63, 3.8) is 0 Å². The molecular formula is C26H32FN7O6S. The number of anilines is 1. The van der Waals surface area contributed by atoms with Crippen molar-refractivity contribution in [2.75, 3.05) is 32.1 Å². The zero-order valence-corrected chi connectivity index (χ0v) is 23.7. The Morgan fingerprint density at radius 2 is 2.00 bits per heavy atom. The van der Waals surface area contributed by atoms with Gasteiger partial charge < -0.3 is 20.1 Å². The standard InChI is InChI=1S/C26H32FN7O6S/c1-17-12-34(18(2)15-35)26(37)11-19-10-21(29-25(36)14-33-16-28-30-31-33)6-9-23(19)40-24(17)13-32(3)41(38,39)22-7-4-20(27)5-8-22/h4-10,16-18,24,35H,11-15H2,1-3H3,(H,29,36)/t17-,18+,24+/m0/s1. The van der Waals surface area contributed by atoms with Crippen LogP contribution in [0.15, 0.2) is 53.7 Å². The summed E-state index contributed by atoms with van der Waals surface area (Å²) in [7, 11) is -2.56. The van der Waals surface area contributed by atoms with Crippen LogP contribution in [0.4, 0.5) is 10.1 Å². The van der Waals surface area contributed by atoms with E-state index in [1.54, 1.807) is 30.0 Å². The number of tetrazole rings is 1. The number of sulfonamides is 1. The number of carbonyl (C=O) groups excluding carboxylic acids is 2. The van der Waals surface area contributed by atoms with Gasteiger partial charge in [-0.2, -0.15) is 4.31 Å². The molecule has 0 aliphatic carbocycles. The summed E-state index contributed by atoms with van der Waals surface area (Å²) in [6.45, 7) is 3.32. The van der Waals surface area contributed by atoms with Gasteiger partial charge in [-0.15, -0.1) is 5.10 Å². The predicted molar refractivity (Wildman–Crippen MR) is 145 cm³/mol. The third kappa shape index (κ3) is 7.23. The Morgan fingerprint density at radius 3 is 2.66 bits per heavy atom. The molecule has 13 nitrogen and oxygen atoms in total. The normalized spacial score (nSPS) is 18.6. The lowest BCUT2D eigenvalue weighted by atomic mass is 10.0. The summed E-state index contributed by atoms with van der Waals surface area (Å²) in [6, 6.07) is 8.92. The minimum Gasteiger partial charge on any atom is -0.488 e. The van der Waals surface area contributed by atoms with Gasteiger partial charge in [0.05, 0.1) is 30.5 Å². The topological polar surface area (TPSA) is 160 Å². The molecule has 2 heterocycles. The Balaban J connectivity index is 1.62. The molecule has 15 heteroatoms. The largest absolute Gasteiger partial charge is 0.488 e. The highest BCUT2D eigenvalue weighted by molar-refractivity contribution is 7.89. The maximum atomic E-state index is 13.4. The van der Waals surface area contributed by atoms with Crippen LogP contribution < -0.4 is 10.1 Å². The molecule has 0 radical (unpaired) electrons. The van der Waals surface area contributed by atoms with E-state index in [-0.39, 0.29) is 55.3 Å². The fourth-order valence-corrected chi connectivity index (χ4v) is 5.65. The van der Waals surface area contributed by atoms with Gasteiger partial charge in [0.1, 0.15) is 30.5 Å². The molecule has 1 aliphatic rings. The van der Waals surface area contributed by atoms with Gasteiger partial charge in [0, 0.05) is 30.8 Å². The first-order valence-electron chi connectivity index (χ1n) is 12.9. The van der Waals surface area contributed by atoms with Gasteiger partial charge >= 0.3 is 0 Å². The number of aromatic nitrogens is 4. The molecule has 2 N–H and O–H groups in total. The number of hydrogen-bond acceptors (Lipinski definition) is 9. The van der Waals surface area contributed by atoms with Crippen molar-refractivity contribution in [3.8, 4) is 5.75 Å². The van der Waals surface area contributed by atoms with Crippen LogP contribution in [-0.4, -0.2) is 93.6 Å². The number of aliphatic hydroxyl groups excluding tert-OH is 1. The van der Waals surface area contributed by atoms with Crippen molar-refractivity contribution in [1.29, 1.82) is 0 Å². The van der Waals surface area contributed by atoms with Crippen LogP contribution in [0, 0.1) is 11.7 Å². The summed E-state index contributed by atoms with van der Waals surface area (Å²) in [6.07, 6.45) is 0.537. The van der Waals surface area contributed by atoms with Crippen molar-refractivity contribution >= 4 is 27.5 Å². The minimum absolute atomic E-state index is 0.0646. The van der Waals surface area contributed by atoms with Crippen LogP contribution in [0.2, 0.25) is 0 Å². The lowest BCUT2D eigenvalue weighted by Gasteiger charge is -2.33. The first kappa shape index (κ1) is 30.0. The van der Waals surface area contributed by atoms with E-state index in [1.807, 2.05) is 6.92 Å². The average Bonchev–Trinajstić information content (AvgIpc) is 3.45. The molecule has 2 aromatic carbocycles. The first-order valence-corrected chi connectivity index (χ1v) is 14.3. The van der Waals surface area contributed by atoms with Crippen LogP contribution in [0.3, 0.4) is 0 Å². The van der Waals surface area contributed by atoms with Crippen molar-refractivity contribution in [2.45, 2.75) is 43.9 Å². The first-order chi connectivity index (χ1) is 19.5. The van der Waals surface area contributed by atoms with Gasteiger partial charge in [0.15, 0.2) is 0 Å². The van der Waals surface area contributed by atoms with Crippen molar-refractivity contribution in [1.82, 2.24) is 29.4 Å². The SMILES string of the molecule is C[C@H](CO)N1C[C@H](C)[C@@H](CN(C)S(=O)(=O)c2ccc(F)cc2)Oc2ccc(NC(=O)Cn3cnnn3)cc2CC1=O. The molecule has 1 aromatic heterocycles. The monoisotopic (exact) mass is 589 g/mol. The van der Waals surface area contributed by atoms with Crippen LogP contribution in [-0.2, 0) is 32.6 Å². The second kappa shape index (κ2) is 12.7. The van der Waals surface area contributed by atoms with Gasteiger partial charge in [-0.1, -0.05) is 6.92 Å². The van der Waals surface area contributed by atoms with Gasteiger partial charge in [0.25, 0.3) is 0 Å². The third-order valence-electron chi connectivity index (χ3n) is 6.86. The van der Waals surface area contributed by atoms with Crippen molar-refractivity contribution in [3.05, 3.63) is 60.2 Å². The number of nitrogens with one attached hydrogen (secondary N) is 1. The van der Waals surface area contributed by atoms with E-state index in [9.17, 15) is 27.5 Å². The zero-order valence-electron chi connectivity index (χ0n) is 22.8. The van der Waals surface area contributed by atoms with Gasteiger partial charge in [-0.3, -0.25) is 9.59 Å². The highest BCUT2D eigenvalue weighted by atomic mass is 32.2.